The van der Waals surface area contributed by atoms with E-state index in [-0.39, 0.29) is 18.9 Å². The number of thiazole rings is 1. The lowest BCUT2D eigenvalue weighted by Gasteiger charge is -2.26. The van der Waals surface area contributed by atoms with Crippen molar-refractivity contribution in [2.45, 2.75) is 37.1 Å². The molecule has 5 rings (SSSR count). The normalized spacial score (nSPS) is 16.5. The van der Waals surface area contributed by atoms with E-state index in [1.165, 1.54) is 11.3 Å². The molecular formula is C29H33N3O5S2. The maximum absolute atomic E-state index is 13.3. The van der Waals surface area contributed by atoms with E-state index in [1.54, 1.807) is 0 Å². The minimum Gasteiger partial charge on any atom is -0.492 e. The first-order valence-electron chi connectivity index (χ1n) is 13.2. The van der Waals surface area contributed by atoms with Gasteiger partial charge in [-0.3, -0.25) is 14.5 Å². The van der Waals surface area contributed by atoms with Crippen molar-refractivity contribution in [3.63, 3.8) is 0 Å². The number of aromatic nitrogens is 1. The van der Waals surface area contributed by atoms with Crippen molar-refractivity contribution in [1.29, 1.82) is 0 Å². The Morgan fingerprint density at radius 2 is 1.90 bits per heavy atom. The third-order valence-electron chi connectivity index (χ3n) is 7.33. The van der Waals surface area contributed by atoms with Gasteiger partial charge in [0.1, 0.15) is 10.8 Å². The molecular weight excluding hydrogens is 534 g/mol. The highest BCUT2D eigenvalue weighted by Crippen LogP contribution is 2.40. The number of nitrogens with zero attached hydrogens (tertiary/aromatic N) is 2. The third kappa shape index (κ3) is 6.81. The van der Waals surface area contributed by atoms with E-state index in [4.69, 9.17) is 14.5 Å². The van der Waals surface area contributed by atoms with Crippen LogP contribution < -0.4 is 10.1 Å². The number of hydrogen-bond donors (Lipinski definition) is 3. The molecule has 1 fully saturated rings. The first-order valence-corrected chi connectivity index (χ1v) is 14.5. The number of hydrogen-bond acceptors (Lipinski definition) is 8. The van der Waals surface area contributed by atoms with Crippen LogP contribution in [-0.4, -0.2) is 66.3 Å². The lowest BCUT2D eigenvalue weighted by atomic mass is 9.80. The summed E-state index contributed by atoms with van der Waals surface area (Å²) in [4.78, 5) is 32.7. The van der Waals surface area contributed by atoms with Crippen LogP contribution in [0.4, 0.5) is 0 Å². The predicted molar refractivity (Wildman–Crippen MR) is 153 cm³/mol. The van der Waals surface area contributed by atoms with Crippen LogP contribution >= 0.6 is 24.0 Å². The van der Waals surface area contributed by atoms with Gasteiger partial charge in [0.15, 0.2) is 0 Å². The van der Waals surface area contributed by atoms with Crippen LogP contribution in [0.1, 0.15) is 29.0 Å². The number of carbonyl (C=O) groups is 2. The fraction of sp³-hybridized carbons (Fsp3) is 0.414. The lowest BCUT2D eigenvalue weighted by Crippen LogP contribution is -2.43. The first-order chi connectivity index (χ1) is 18.9. The van der Waals surface area contributed by atoms with Crippen molar-refractivity contribution in [2.75, 3.05) is 39.5 Å². The van der Waals surface area contributed by atoms with Gasteiger partial charge in [0.05, 0.1) is 43.9 Å². The number of thiol groups is 1. The summed E-state index contributed by atoms with van der Waals surface area (Å²) >= 11 is 6.08. The molecule has 0 radical (unpaired) electrons. The number of amides is 1. The average Bonchev–Trinajstić information content (AvgIpc) is 3.56. The second kappa shape index (κ2) is 12.5. The van der Waals surface area contributed by atoms with Gasteiger partial charge in [-0.25, -0.2) is 4.98 Å². The summed E-state index contributed by atoms with van der Waals surface area (Å²) in [6, 6.07) is 13.6. The molecule has 0 saturated carbocycles. The molecule has 1 amide bonds. The second-order valence-electron chi connectivity index (χ2n) is 10.1. The molecule has 1 aliphatic heterocycles. The number of aliphatic carboxylic acids is 1. The zero-order valence-electron chi connectivity index (χ0n) is 21.7. The van der Waals surface area contributed by atoms with Gasteiger partial charge in [0.2, 0.25) is 5.91 Å². The summed E-state index contributed by atoms with van der Waals surface area (Å²) in [5.41, 5.74) is 2.82. The molecule has 3 aromatic rings. The van der Waals surface area contributed by atoms with Crippen molar-refractivity contribution in [2.24, 2.45) is 5.41 Å². The van der Waals surface area contributed by atoms with E-state index < -0.39 is 11.4 Å². The number of benzene rings is 2. The van der Waals surface area contributed by atoms with Crippen molar-refractivity contribution in [3.05, 3.63) is 64.0 Å². The number of morpholine rings is 1. The SMILES string of the molecule is O=C(O)CC1(C(=O)NCc2nc(-c3ccc(OCCCN4CCOCC4)c(S)c3)cs2)Cc2ccccc2C1. The monoisotopic (exact) mass is 567 g/mol. The summed E-state index contributed by atoms with van der Waals surface area (Å²) < 4.78 is 11.3. The van der Waals surface area contributed by atoms with E-state index in [1.807, 2.05) is 47.8 Å². The standard InChI is InChI=1S/C29H33N3O5S2/c33-27(34)17-29(15-21-4-1-2-5-22(21)16-29)28(35)30-18-26-31-23(19-39-26)20-6-7-24(25(38)14-20)37-11-3-8-32-9-12-36-13-10-32/h1-2,4-7,14,19,38H,3,8-13,15-18H2,(H,30,35)(H,33,34). The van der Waals surface area contributed by atoms with Gasteiger partial charge < -0.3 is 19.9 Å². The van der Waals surface area contributed by atoms with Crippen LogP contribution in [0.5, 0.6) is 5.75 Å². The van der Waals surface area contributed by atoms with E-state index in [2.05, 4.69) is 22.8 Å². The Morgan fingerprint density at radius 3 is 2.59 bits per heavy atom. The predicted octanol–water partition coefficient (Wildman–Crippen LogP) is 4.08. The van der Waals surface area contributed by atoms with Gasteiger partial charge in [-0.15, -0.1) is 24.0 Å². The number of carboxylic acid groups (broad SMARTS) is 1. The minimum atomic E-state index is -0.978. The molecule has 0 unspecified atom stereocenters. The molecule has 0 spiro atoms. The summed E-state index contributed by atoms with van der Waals surface area (Å²) in [7, 11) is 0. The Labute approximate surface area is 237 Å². The maximum Gasteiger partial charge on any atom is 0.304 e. The molecule has 2 N–H and O–H groups in total. The van der Waals surface area contributed by atoms with Gasteiger partial charge in [-0.2, -0.15) is 0 Å². The highest BCUT2D eigenvalue weighted by molar-refractivity contribution is 7.80. The Kier molecular flexibility index (Phi) is 8.86. The van der Waals surface area contributed by atoms with E-state index in [0.717, 1.165) is 77.3 Å². The Bertz CT molecular complexity index is 1300. The van der Waals surface area contributed by atoms with E-state index >= 15 is 0 Å². The minimum absolute atomic E-state index is 0.205. The highest BCUT2D eigenvalue weighted by atomic mass is 32.1. The van der Waals surface area contributed by atoms with Gasteiger partial charge in [-0.1, -0.05) is 24.3 Å². The molecule has 0 bridgehead atoms. The maximum atomic E-state index is 13.3. The highest BCUT2D eigenvalue weighted by Gasteiger charge is 2.45. The van der Waals surface area contributed by atoms with Gasteiger partial charge in [0, 0.05) is 35.5 Å². The summed E-state index contributed by atoms with van der Waals surface area (Å²) in [5.74, 6) is -0.472. The quantitative estimate of drug-likeness (QED) is 0.237. The summed E-state index contributed by atoms with van der Waals surface area (Å²) in [5, 5.41) is 15.2. The molecule has 1 aromatic heterocycles. The average molecular weight is 568 g/mol. The molecule has 2 heterocycles. The Hall–Kier alpha value is -2.92. The van der Waals surface area contributed by atoms with Crippen molar-refractivity contribution in [1.82, 2.24) is 15.2 Å². The summed E-state index contributed by atoms with van der Waals surface area (Å²) in [6.07, 6.45) is 1.59. The number of nitrogens with one attached hydrogen (secondary N) is 1. The molecule has 1 aliphatic carbocycles. The van der Waals surface area contributed by atoms with Crippen molar-refractivity contribution in [3.8, 4) is 17.0 Å². The number of carboxylic acids is 1. The molecule has 1 saturated heterocycles. The van der Waals surface area contributed by atoms with Crippen LogP contribution in [0.25, 0.3) is 11.3 Å². The fourth-order valence-corrected chi connectivity index (χ4v) is 6.33. The van der Waals surface area contributed by atoms with Gasteiger partial charge in [0.25, 0.3) is 0 Å². The topological polar surface area (TPSA) is 101 Å². The van der Waals surface area contributed by atoms with Crippen molar-refractivity contribution < 1.29 is 24.2 Å². The smallest absolute Gasteiger partial charge is 0.304 e. The van der Waals surface area contributed by atoms with Crippen LogP contribution in [-0.2, 0) is 33.7 Å². The van der Waals surface area contributed by atoms with Gasteiger partial charge >= 0.3 is 5.97 Å². The second-order valence-corrected chi connectivity index (χ2v) is 11.5. The summed E-state index contributed by atoms with van der Waals surface area (Å²) in [6.45, 7) is 5.42. The zero-order valence-corrected chi connectivity index (χ0v) is 23.4. The van der Waals surface area contributed by atoms with E-state index in [0.29, 0.717) is 19.4 Å². The number of rotatable bonds is 11. The molecule has 2 aliphatic rings. The number of carbonyl (C=O) groups excluding carboxylic acids is 1. The van der Waals surface area contributed by atoms with Crippen LogP contribution in [0.15, 0.2) is 52.7 Å². The molecule has 206 valence electrons. The van der Waals surface area contributed by atoms with Gasteiger partial charge in [-0.05, 0) is 48.6 Å². The Balaban J connectivity index is 1.15. The lowest BCUT2D eigenvalue weighted by molar-refractivity contribution is -0.145. The third-order valence-corrected chi connectivity index (χ3v) is 8.53. The molecule has 2 aromatic carbocycles. The van der Waals surface area contributed by atoms with E-state index in [9.17, 15) is 14.7 Å². The molecule has 0 atom stereocenters. The number of ether oxygens (including phenoxy) is 2. The van der Waals surface area contributed by atoms with Crippen LogP contribution in [0.2, 0.25) is 0 Å². The fourth-order valence-electron chi connectivity index (χ4n) is 5.31. The molecule has 39 heavy (non-hydrogen) atoms. The number of fused-ring (bicyclic) bond motifs is 1. The van der Waals surface area contributed by atoms with Crippen LogP contribution in [0.3, 0.4) is 0 Å². The Morgan fingerprint density at radius 1 is 1.15 bits per heavy atom. The zero-order chi connectivity index (χ0) is 27.2. The van der Waals surface area contributed by atoms with Crippen molar-refractivity contribution >= 4 is 35.8 Å². The van der Waals surface area contributed by atoms with Crippen LogP contribution in [0, 0.1) is 5.41 Å². The molecule has 10 heteroatoms. The molecule has 8 nitrogen and oxygen atoms in total. The first kappa shape index (κ1) is 27.6. The largest absolute Gasteiger partial charge is 0.492 e.